The Labute approximate surface area is 82.9 Å². The summed E-state index contributed by atoms with van der Waals surface area (Å²) in [6, 6.07) is 0. The number of carbonyl (C=O) groups is 1. The molecule has 0 fully saturated rings. The summed E-state index contributed by atoms with van der Waals surface area (Å²) in [6.45, 7) is 0.972. The molecule has 0 saturated carbocycles. The van der Waals surface area contributed by atoms with E-state index in [2.05, 4.69) is 0 Å². The standard InChI is InChI=1S/C2H4O2.Mo.Na.2H2O.2O/c1-2(3)4;;;;;;/h1H3,(H,3,4);;;2*1H2;;/q;+2;+1;;;;/p-3. The van der Waals surface area contributed by atoms with Crippen LogP contribution in [0.25, 0.3) is 0 Å². The average Bonchev–Trinajstić information content (AvgIpc) is 1.19. The molecule has 0 amide bonds. The van der Waals surface area contributed by atoms with Gasteiger partial charge in [0.1, 0.15) is 0 Å². The fourth-order valence-corrected chi connectivity index (χ4v) is 0. The van der Waals surface area contributed by atoms with Crippen molar-refractivity contribution in [3.05, 3.63) is 0 Å². The van der Waals surface area contributed by atoms with Crippen LogP contribution in [0.1, 0.15) is 6.92 Å². The predicted molar refractivity (Wildman–Crippen MR) is 16.5 cm³/mol. The normalized spacial score (nSPS) is 8.30. The van der Waals surface area contributed by atoms with Gasteiger partial charge < -0.3 is 9.90 Å². The number of carbonyl (C=O) groups excluding carboxylic acids is 1. The van der Waals surface area contributed by atoms with Crippen LogP contribution in [0.15, 0.2) is 0 Å². The van der Waals surface area contributed by atoms with E-state index in [-0.39, 0.29) is 29.6 Å². The molecule has 0 aromatic rings. The SMILES string of the molecule is CC(=O)[O-].[Na+].[O]=[Mo](=[O])([OH])[OH]. The van der Waals surface area contributed by atoms with Crippen LogP contribution in [0, 0.1) is 0 Å². The van der Waals surface area contributed by atoms with Crippen LogP contribution in [-0.4, -0.2) is 13.5 Å². The molecular formula is C2H5MoNaO6. The zero-order valence-electron chi connectivity index (χ0n) is 5.44. The second-order valence-corrected chi connectivity index (χ2v) is 3.14. The van der Waals surface area contributed by atoms with E-state index >= 15 is 0 Å². The van der Waals surface area contributed by atoms with E-state index in [0.717, 1.165) is 6.92 Å². The summed E-state index contributed by atoms with van der Waals surface area (Å²) >= 11 is -5.52. The Balaban J connectivity index is -0.0000000910. The molecule has 56 valence electrons. The summed E-state index contributed by atoms with van der Waals surface area (Å²) in [7, 11) is 0. The molecule has 0 spiro atoms. The van der Waals surface area contributed by atoms with E-state index in [9.17, 15) is 0 Å². The van der Waals surface area contributed by atoms with E-state index in [0.29, 0.717) is 0 Å². The van der Waals surface area contributed by atoms with Gasteiger partial charge in [0.25, 0.3) is 0 Å². The second-order valence-electron chi connectivity index (χ2n) is 0.939. The maximum atomic E-state index is 8.89. The molecule has 0 saturated heterocycles. The van der Waals surface area contributed by atoms with Gasteiger partial charge in [-0.2, -0.15) is 0 Å². The molecule has 0 aromatic carbocycles. The first-order valence-corrected chi connectivity index (χ1v) is 5.04. The monoisotopic (exact) mass is 246 g/mol. The van der Waals surface area contributed by atoms with Crippen LogP contribution < -0.4 is 34.7 Å². The minimum atomic E-state index is -5.52. The summed E-state index contributed by atoms with van der Waals surface area (Å²) < 4.78 is 32.0. The third kappa shape index (κ3) is 1110. The van der Waals surface area contributed by atoms with Crippen LogP contribution in [0.2, 0.25) is 0 Å². The van der Waals surface area contributed by atoms with E-state index in [1.165, 1.54) is 0 Å². The van der Waals surface area contributed by atoms with Crippen molar-refractivity contribution in [2.45, 2.75) is 6.92 Å². The minimum absolute atomic E-state index is 0. The van der Waals surface area contributed by atoms with Crippen molar-refractivity contribution < 1.29 is 70.5 Å². The topological polar surface area (TPSA) is 115 Å². The zero-order chi connectivity index (χ0) is 8.08. The Kier molecular flexibility index (Phi) is 13.2. The number of rotatable bonds is 0. The van der Waals surface area contributed by atoms with Crippen molar-refractivity contribution in [2.75, 3.05) is 0 Å². The average molecular weight is 244 g/mol. The molecule has 0 atom stereocenters. The van der Waals surface area contributed by atoms with Gasteiger partial charge >= 0.3 is 60.6 Å². The third-order valence-corrected chi connectivity index (χ3v) is 0. The van der Waals surface area contributed by atoms with Gasteiger partial charge in [-0.15, -0.1) is 0 Å². The van der Waals surface area contributed by atoms with Crippen molar-refractivity contribution in [1.29, 1.82) is 0 Å². The van der Waals surface area contributed by atoms with Gasteiger partial charge in [0.05, 0.1) is 0 Å². The molecule has 0 heterocycles. The number of carboxylic acids is 1. The fourth-order valence-electron chi connectivity index (χ4n) is 0. The third-order valence-electron chi connectivity index (χ3n) is 0. The zero-order valence-corrected chi connectivity index (χ0v) is 9.44. The molecule has 0 aliphatic rings. The van der Waals surface area contributed by atoms with Crippen molar-refractivity contribution in [3.8, 4) is 0 Å². The van der Waals surface area contributed by atoms with E-state index < -0.39 is 22.7 Å². The summed E-state index contributed by atoms with van der Waals surface area (Å²) in [6.07, 6.45) is 0. The van der Waals surface area contributed by atoms with Gasteiger partial charge in [-0.05, 0) is 6.92 Å². The molecule has 0 aromatic heterocycles. The Morgan fingerprint density at radius 3 is 1.40 bits per heavy atom. The number of hydrogen-bond acceptors (Lipinski definition) is 4. The molecule has 10 heavy (non-hydrogen) atoms. The van der Waals surface area contributed by atoms with Crippen LogP contribution in [0.4, 0.5) is 0 Å². The van der Waals surface area contributed by atoms with Gasteiger partial charge in [0, 0.05) is 5.97 Å². The van der Waals surface area contributed by atoms with Gasteiger partial charge in [0.2, 0.25) is 0 Å². The van der Waals surface area contributed by atoms with Crippen molar-refractivity contribution in [1.82, 2.24) is 0 Å². The van der Waals surface area contributed by atoms with Crippen LogP contribution >= 0.6 is 0 Å². The molecule has 0 radical (unpaired) electrons. The molecule has 0 bridgehead atoms. The summed E-state index contributed by atoms with van der Waals surface area (Å²) in [5, 5.41) is 8.89. The Hall–Kier alpha value is 0.678. The van der Waals surface area contributed by atoms with E-state index in [1.54, 1.807) is 0 Å². The first kappa shape index (κ1) is 17.0. The molecule has 0 aliphatic heterocycles. The Bertz CT molecular complexity index is 158. The first-order valence-electron chi connectivity index (χ1n) is 1.61. The van der Waals surface area contributed by atoms with Crippen molar-refractivity contribution in [3.63, 3.8) is 0 Å². The van der Waals surface area contributed by atoms with Gasteiger partial charge in [-0.3, -0.25) is 0 Å². The molecular weight excluding hydrogens is 239 g/mol. The summed E-state index contributed by atoms with van der Waals surface area (Å²) in [5.74, 6) is -1.08. The van der Waals surface area contributed by atoms with E-state index in [4.69, 9.17) is 24.2 Å². The summed E-state index contributed by atoms with van der Waals surface area (Å²) in [4.78, 5) is 8.89. The molecule has 0 aliphatic carbocycles. The van der Waals surface area contributed by atoms with Gasteiger partial charge in [0.15, 0.2) is 0 Å². The van der Waals surface area contributed by atoms with Crippen LogP contribution in [0.3, 0.4) is 0 Å². The van der Waals surface area contributed by atoms with Crippen LogP contribution in [-0.2, 0) is 28.3 Å². The number of aliphatic carboxylic acids is 1. The Morgan fingerprint density at radius 2 is 1.40 bits per heavy atom. The molecule has 6 nitrogen and oxygen atoms in total. The first-order chi connectivity index (χ1) is 3.73. The van der Waals surface area contributed by atoms with Crippen molar-refractivity contribution >= 4 is 5.97 Å². The predicted octanol–water partition coefficient (Wildman–Crippen LogP) is -5.59. The molecule has 0 unspecified atom stereocenters. The Morgan fingerprint density at radius 1 is 1.40 bits per heavy atom. The molecule has 8 heteroatoms. The fraction of sp³-hybridized carbons (Fsp3) is 0.500. The number of hydrogen-bond donors (Lipinski definition) is 2. The van der Waals surface area contributed by atoms with Gasteiger partial charge in [-0.1, -0.05) is 0 Å². The quantitative estimate of drug-likeness (QED) is 0.410. The van der Waals surface area contributed by atoms with Crippen LogP contribution in [0.5, 0.6) is 0 Å². The number of carboxylic acid groups (broad SMARTS) is 1. The second kappa shape index (κ2) is 7.78. The summed E-state index contributed by atoms with van der Waals surface area (Å²) in [5.41, 5.74) is 0. The van der Waals surface area contributed by atoms with E-state index in [1.807, 2.05) is 0 Å². The van der Waals surface area contributed by atoms with Gasteiger partial charge in [-0.25, -0.2) is 0 Å². The maximum absolute atomic E-state index is 8.89. The molecule has 0 rings (SSSR count). The molecule has 2 N–H and O–H groups in total. The van der Waals surface area contributed by atoms with Crippen molar-refractivity contribution in [2.24, 2.45) is 0 Å².